The van der Waals surface area contributed by atoms with Crippen molar-refractivity contribution in [1.29, 1.82) is 0 Å². The third-order valence-electron chi connectivity index (χ3n) is 2.41. The van der Waals surface area contributed by atoms with Crippen LogP contribution in [-0.4, -0.2) is 34.8 Å². The molecule has 1 aliphatic carbocycles. The number of aromatic nitrogens is 6. The van der Waals surface area contributed by atoms with E-state index in [0.29, 0.717) is 11.5 Å². The molecule has 1 aliphatic rings. The van der Waals surface area contributed by atoms with Gasteiger partial charge in [0, 0.05) is 11.3 Å². The van der Waals surface area contributed by atoms with Crippen LogP contribution < -0.4 is 0 Å². The Hall–Kier alpha value is -2.28. The lowest BCUT2D eigenvalue weighted by atomic mass is 10.1. The Bertz CT molecular complexity index is 643. The first kappa shape index (κ1) is 10.8. The average molecular weight is 255 g/mol. The van der Waals surface area contributed by atoms with Crippen molar-refractivity contribution in [3.63, 3.8) is 0 Å². The SMILES string of the molecule is S=C1CC=CC=C1n1nn[c]c1-c1ncncn1. The fourth-order valence-electron chi connectivity index (χ4n) is 1.60. The van der Waals surface area contributed by atoms with Crippen molar-refractivity contribution in [1.82, 2.24) is 29.9 Å². The van der Waals surface area contributed by atoms with E-state index in [9.17, 15) is 0 Å². The van der Waals surface area contributed by atoms with Crippen LogP contribution >= 0.6 is 12.2 Å². The normalized spacial score (nSPS) is 14.7. The highest BCUT2D eigenvalue weighted by atomic mass is 32.1. The Balaban J connectivity index is 2.10. The smallest absolute Gasteiger partial charge is 0.183 e. The first-order valence-electron chi connectivity index (χ1n) is 5.22. The molecule has 2 heterocycles. The zero-order chi connectivity index (χ0) is 12.4. The summed E-state index contributed by atoms with van der Waals surface area (Å²) in [4.78, 5) is 12.7. The van der Waals surface area contributed by atoms with E-state index in [0.717, 1.165) is 17.0 Å². The predicted molar refractivity (Wildman–Crippen MR) is 68.3 cm³/mol. The lowest BCUT2D eigenvalue weighted by molar-refractivity contribution is 0.826. The van der Waals surface area contributed by atoms with E-state index < -0.39 is 0 Å². The zero-order valence-corrected chi connectivity index (χ0v) is 10.0. The van der Waals surface area contributed by atoms with E-state index in [1.807, 2.05) is 18.2 Å². The van der Waals surface area contributed by atoms with Crippen molar-refractivity contribution in [2.45, 2.75) is 6.42 Å². The standard InChI is InChI=1S/C11H7N6S/c18-10-4-2-1-3-8(10)17-9(5-15-16-17)11-13-6-12-7-14-11/h1-3,6-7H,4H2. The van der Waals surface area contributed by atoms with Crippen LogP contribution in [0.5, 0.6) is 0 Å². The van der Waals surface area contributed by atoms with Crippen LogP contribution in [0.4, 0.5) is 0 Å². The molecule has 18 heavy (non-hydrogen) atoms. The molecule has 0 saturated carbocycles. The predicted octanol–water partition coefficient (Wildman–Crippen LogP) is 1.10. The second-order valence-corrected chi connectivity index (χ2v) is 4.02. The van der Waals surface area contributed by atoms with Gasteiger partial charge >= 0.3 is 0 Å². The summed E-state index contributed by atoms with van der Waals surface area (Å²) in [7, 11) is 0. The lowest BCUT2D eigenvalue weighted by Gasteiger charge is -2.11. The Morgan fingerprint density at radius 2 is 2.11 bits per heavy atom. The van der Waals surface area contributed by atoms with Crippen LogP contribution in [0.2, 0.25) is 0 Å². The van der Waals surface area contributed by atoms with Crippen LogP contribution in [0.3, 0.4) is 0 Å². The second kappa shape index (κ2) is 4.53. The monoisotopic (exact) mass is 255 g/mol. The molecule has 0 N–H and O–H groups in total. The third kappa shape index (κ3) is 1.84. The first-order valence-corrected chi connectivity index (χ1v) is 5.63. The lowest BCUT2D eigenvalue weighted by Crippen LogP contribution is -2.11. The summed E-state index contributed by atoms with van der Waals surface area (Å²) in [6, 6.07) is 0. The molecule has 0 fully saturated rings. The van der Waals surface area contributed by atoms with Gasteiger partial charge < -0.3 is 0 Å². The van der Waals surface area contributed by atoms with Gasteiger partial charge in [0.05, 0.1) is 5.70 Å². The van der Waals surface area contributed by atoms with Gasteiger partial charge in [-0.05, 0) is 6.08 Å². The molecule has 0 aromatic carbocycles. The number of rotatable bonds is 2. The van der Waals surface area contributed by atoms with Gasteiger partial charge in [-0.1, -0.05) is 29.6 Å². The van der Waals surface area contributed by atoms with Crippen LogP contribution in [0.25, 0.3) is 17.2 Å². The maximum absolute atomic E-state index is 5.31. The highest BCUT2D eigenvalue weighted by Gasteiger charge is 2.17. The fraction of sp³-hybridized carbons (Fsp3) is 0.0909. The second-order valence-electron chi connectivity index (χ2n) is 3.53. The average Bonchev–Trinajstić information content (AvgIpc) is 2.89. The number of thiocarbonyl (C=S) groups is 1. The molecule has 6 nitrogen and oxygen atoms in total. The van der Waals surface area contributed by atoms with Crippen molar-refractivity contribution in [3.8, 4) is 11.5 Å². The summed E-state index contributed by atoms with van der Waals surface area (Å²) >= 11 is 5.31. The van der Waals surface area contributed by atoms with E-state index >= 15 is 0 Å². The third-order valence-corrected chi connectivity index (χ3v) is 2.79. The zero-order valence-electron chi connectivity index (χ0n) is 9.19. The summed E-state index contributed by atoms with van der Waals surface area (Å²) in [6.45, 7) is 0. The number of hydrogen-bond donors (Lipinski definition) is 0. The quantitative estimate of drug-likeness (QED) is 0.748. The molecule has 2 aromatic heterocycles. The van der Waals surface area contributed by atoms with Gasteiger partial charge in [-0.3, -0.25) is 0 Å². The Labute approximate surface area is 108 Å². The van der Waals surface area contributed by atoms with E-state index in [1.54, 1.807) is 4.68 Å². The molecule has 87 valence electrons. The van der Waals surface area contributed by atoms with Crippen LogP contribution in [0.1, 0.15) is 6.42 Å². The number of nitrogens with zero attached hydrogens (tertiary/aromatic N) is 6. The van der Waals surface area contributed by atoms with Crippen molar-refractivity contribution >= 4 is 22.8 Å². The summed E-state index contributed by atoms with van der Waals surface area (Å²) in [5.41, 5.74) is 1.37. The first-order chi connectivity index (χ1) is 8.86. The fourth-order valence-corrected chi connectivity index (χ4v) is 1.85. The van der Waals surface area contributed by atoms with E-state index in [4.69, 9.17) is 12.2 Å². The molecule has 0 bridgehead atoms. The Morgan fingerprint density at radius 1 is 1.28 bits per heavy atom. The molecule has 0 amide bonds. The van der Waals surface area contributed by atoms with E-state index in [2.05, 4.69) is 31.5 Å². The number of allylic oxidation sites excluding steroid dienone is 4. The molecule has 7 heteroatoms. The molecular formula is C11H7N6S. The molecular weight excluding hydrogens is 248 g/mol. The molecule has 2 aromatic rings. The summed E-state index contributed by atoms with van der Waals surface area (Å²) < 4.78 is 1.60. The van der Waals surface area contributed by atoms with Gasteiger partial charge in [0.1, 0.15) is 24.5 Å². The molecule has 0 aliphatic heterocycles. The topological polar surface area (TPSA) is 69.4 Å². The molecule has 0 spiro atoms. The van der Waals surface area contributed by atoms with Crippen molar-refractivity contribution in [3.05, 3.63) is 37.1 Å². The van der Waals surface area contributed by atoms with Gasteiger partial charge in [-0.15, -0.1) is 5.10 Å². The van der Waals surface area contributed by atoms with Gasteiger partial charge in [0.25, 0.3) is 0 Å². The van der Waals surface area contributed by atoms with Crippen LogP contribution in [0, 0.1) is 6.20 Å². The van der Waals surface area contributed by atoms with Gasteiger partial charge in [-0.25, -0.2) is 19.6 Å². The molecule has 0 atom stereocenters. The highest BCUT2D eigenvalue weighted by Crippen LogP contribution is 2.20. The Kier molecular flexibility index (Phi) is 2.73. The molecule has 1 radical (unpaired) electrons. The molecule has 0 saturated heterocycles. The van der Waals surface area contributed by atoms with Crippen LogP contribution in [-0.2, 0) is 0 Å². The summed E-state index contributed by atoms with van der Waals surface area (Å²) in [5, 5.41) is 7.76. The van der Waals surface area contributed by atoms with E-state index in [-0.39, 0.29) is 0 Å². The maximum Gasteiger partial charge on any atom is 0.183 e. The minimum atomic E-state index is 0.466. The van der Waals surface area contributed by atoms with Crippen LogP contribution in [0.15, 0.2) is 30.9 Å². The summed E-state index contributed by atoms with van der Waals surface area (Å²) in [5.74, 6) is 0.466. The van der Waals surface area contributed by atoms with Crippen molar-refractivity contribution < 1.29 is 0 Å². The minimum absolute atomic E-state index is 0.466. The number of hydrogen-bond acceptors (Lipinski definition) is 6. The Morgan fingerprint density at radius 3 is 2.89 bits per heavy atom. The van der Waals surface area contributed by atoms with Crippen molar-refractivity contribution in [2.24, 2.45) is 0 Å². The maximum atomic E-state index is 5.31. The summed E-state index contributed by atoms with van der Waals surface area (Å²) in [6.07, 6.45) is 12.1. The molecule has 0 unspecified atom stereocenters. The van der Waals surface area contributed by atoms with Gasteiger partial charge in [0.2, 0.25) is 0 Å². The van der Waals surface area contributed by atoms with Gasteiger partial charge in [0.15, 0.2) is 5.82 Å². The molecule has 3 rings (SSSR count). The van der Waals surface area contributed by atoms with E-state index in [1.165, 1.54) is 12.7 Å². The highest BCUT2D eigenvalue weighted by molar-refractivity contribution is 7.81. The van der Waals surface area contributed by atoms with Gasteiger partial charge in [-0.2, -0.15) is 0 Å². The van der Waals surface area contributed by atoms with Crippen molar-refractivity contribution in [2.75, 3.05) is 0 Å². The largest absolute Gasteiger partial charge is 0.225 e. The minimum Gasteiger partial charge on any atom is -0.225 e.